The molecule has 2 saturated heterocycles. The van der Waals surface area contributed by atoms with E-state index >= 15 is 0 Å². The summed E-state index contributed by atoms with van der Waals surface area (Å²) in [5.41, 5.74) is 9.34. The number of nitrogens with zero attached hydrogens (tertiary/aromatic N) is 3. The number of aromatic nitrogens is 2. The molecule has 1 aromatic rings. The molecule has 0 bridgehead atoms. The Hall–Kier alpha value is -2.66. The zero-order valence-electron chi connectivity index (χ0n) is 34.0. The van der Waals surface area contributed by atoms with Crippen LogP contribution in [0.4, 0.5) is 0 Å². The molecule has 4 heterocycles. The second kappa shape index (κ2) is 15.4. The van der Waals surface area contributed by atoms with Crippen LogP contribution in [0.15, 0.2) is 26.9 Å². The predicted octanol–water partition coefficient (Wildman–Crippen LogP) is 2.37. The number of rotatable bonds is 12. The molecule has 0 aliphatic carbocycles. The minimum Gasteiger partial charge on any atom is -0.414 e. The van der Waals surface area contributed by atoms with Gasteiger partial charge in [-0.15, -0.1) is 0 Å². The first-order valence-corrected chi connectivity index (χ1v) is 25.9. The number of hydrogen-bond acceptors (Lipinski definition) is 12. The summed E-state index contributed by atoms with van der Waals surface area (Å²) in [6, 6.07) is -1.36. The van der Waals surface area contributed by atoms with E-state index < -0.39 is 74.1 Å². The van der Waals surface area contributed by atoms with Gasteiger partial charge in [0.05, 0.1) is 23.8 Å². The van der Waals surface area contributed by atoms with Gasteiger partial charge in [0.1, 0.15) is 18.2 Å². The first-order chi connectivity index (χ1) is 24.6. The third-order valence-electron chi connectivity index (χ3n) is 11.8. The van der Waals surface area contributed by atoms with Crippen molar-refractivity contribution >= 4 is 38.6 Å². The Morgan fingerprint density at radius 3 is 2.24 bits per heavy atom. The van der Waals surface area contributed by atoms with E-state index in [-0.39, 0.29) is 59.3 Å². The lowest BCUT2D eigenvalue weighted by atomic mass is 9.89. The van der Waals surface area contributed by atoms with Gasteiger partial charge >= 0.3 is 5.69 Å². The van der Waals surface area contributed by atoms with Gasteiger partial charge in [-0.1, -0.05) is 41.5 Å². The van der Waals surface area contributed by atoms with Crippen molar-refractivity contribution in [2.24, 2.45) is 11.5 Å². The average Bonchev–Trinajstić information content (AvgIpc) is 3.70. The number of hydrogen-bond donors (Lipinski definition) is 3. The molecule has 5 N–H and O–H groups in total. The van der Waals surface area contributed by atoms with E-state index in [1.807, 2.05) is 33.9 Å². The SMILES string of the molecule is Cc1cn([C@@H]2O[C@H](CO[Si](C)(C)C(C)(C)C)[C@@]3(OS(=O)(=O)C=C3N)[C@H]2O[Si](C)(C)C(C)(C)C)c(=O)n(CCCNC(=O)[C@@H]2CCCN2C(=O)[C@H](C)N)c1=O. The van der Waals surface area contributed by atoms with E-state index in [1.54, 1.807) is 13.8 Å². The first-order valence-electron chi connectivity index (χ1n) is 18.6. The van der Waals surface area contributed by atoms with E-state index in [1.165, 1.54) is 15.7 Å². The molecule has 3 aliphatic heterocycles. The number of nitrogens with one attached hydrogen (secondary N) is 1. The second-order valence-electron chi connectivity index (χ2n) is 17.9. The van der Waals surface area contributed by atoms with E-state index in [9.17, 15) is 27.6 Å². The van der Waals surface area contributed by atoms with Crippen molar-refractivity contribution in [3.8, 4) is 0 Å². The van der Waals surface area contributed by atoms with Crippen molar-refractivity contribution in [3.63, 3.8) is 0 Å². The van der Waals surface area contributed by atoms with Crippen molar-refractivity contribution in [3.05, 3.63) is 43.7 Å². The first kappa shape index (κ1) is 44.1. The number of nitrogens with two attached hydrogens (primary N) is 2. The molecule has 19 heteroatoms. The highest BCUT2D eigenvalue weighted by Gasteiger charge is 2.67. The molecular formula is C35H62N6O10SSi2. The number of carbonyl (C=O) groups is 2. The van der Waals surface area contributed by atoms with E-state index in [4.69, 9.17) is 29.2 Å². The maximum absolute atomic E-state index is 14.4. The highest BCUT2D eigenvalue weighted by Crippen LogP contribution is 2.52. The molecule has 6 atom stereocenters. The van der Waals surface area contributed by atoms with Gasteiger partial charge < -0.3 is 35.3 Å². The third-order valence-corrected chi connectivity index (χ3v) is 21.8. The summed E-state index contributed by atoms with van der Waals surface area (Å²) in [4.78, 5) is 54.9. The Morgan fingerprint density at radius 1 is 1.09 bits per heavy atom. The molecule has 1 spiro atoms. The molecule has 4 rings (SSSR count). The number of ether oxygens (including phenoxy) is 1. The standard InChI is InChI=1S/C35H62N6O10SSi2/c1-22-19-41(32(45)40(29(22)43)18-14-16-38-28(42)24-15-13-17-39(24)30(44)23(2)36)31-27(50-54(11,12)34(6,7)8)35(25(37)21-52(46,47)51-35)26(49-31)20-48-53(9,10)33(3,4)5/h19,21,23-24,26-27,31H,13-18,20,36-37H2,1-12H3,(H,38,42)/t23-,24-,26+,27-,31+,35+/m0/s1. The lowest BCUT2D eigenvalue weighted by molar-refractivity contribution is -0.139. The zero-order chi connectivity index (χ0) is 41.0. The summed E-state index contributed by atoms with van der Waals surface area (Å²) in [6.07, 6.45) is -0.837. The molecule has 2 fully saturated rings. The van der Waals surface area contributed by atoms with Gasteiger partial charge in [0.25, 0.3) is 15.7 Å². The number of aryl methyl sites for hydroxylation is 1. The highest BCUT2D eigenvalue weighted by atomic mass is 32.2. The summed E-state index contributed by atoms with van der Waals surface area (Å²) >= 11 is 0. The van der Waals surface area contributed by atoms with E-state index in [0.29, 0.717) is 19.4 Å². The van der Waals surface area contributed by atoms with Crippen LogP contribution in [0, 0.1) is 6.92 Å². The lowest BCUT2D eigenvalue weighted by Crippen LogP contribution is -2.59. The van der Waals surface area contributed by atoms with Crippen molar-refractivity contribution in [2.45, 2.75) is 154 Å². The third kappa shape index (κ3) is 8.52. The van der Waals surface area contributed by atoms with Crippen LogP contribution in [0.5, 0.6) is 0 Å². The van der Waals surface area contributed by atoms with Crippen LogP contribution in [0.25, 0.3) is 0 Å². The smallest absolute Gasteiger partial charge is 0.333 e. The Balaban J connectivity index is 1.72. The summed E-state index contributed by atoms with van der Waals surface area (Å²) in [6.45, 7) is 24.0. The molecule has 2 amide bonds. The fourth-order valence-electron chi connectivity index (χ4n) is 6.48. The molecule has 0 radical (unpaired) electrons. The van der Waals surface area contributed by atoms with Gasteiger partial charge in [-0.25, -0.2) is 8.98 Å². The van der Waals surface area contributed by atoms with Crippen molar-refractivity contribution in [2.75, 3.05) is 19.7 Å². The Labute approximate surface area is 321 Å². The van der Waals surface area contributed by atoms with Gasteiger partial charge in [0.2, 0.25) is 11.8 Å². The summed E-state index contributed by atoms with van der Waals surface area (Å²) in [5.74, 6) is -0.619. The molecule has 54 heavy (non-hydrogen) atoms. The highest BCUT2D eigenvalue weighted by molar-refractivity contribution is 7.90. The minimum absolute atomic E-state index is 0.0524. The number of carbonyl (C=O) groups excluding carboxylic acids is 2. The summed E-state index contributed by atoms with van der Waals surface area (Å²) in [7, 11) is -9.50. The number of likely N-dealkylation sites (tertiary alicyclic amines) is 1. The fourth-order valence-corrected chi connectivity index (χ4v) is 9.99. The molecule has 3 aliphatic rings. The minimum atomic E-state index is -4.29. The van der Waals surface area contributed by atoms with Gasteiger partial charge in [-0.05, 0) is 69.4 Å². The maximum Gasteiger partial charge on any atom is 0.333 e. The second-order valence-corrected chi connectivity index (χ2v) is 28.9. The van der Waals surface area contributed by atoms with E-state index in [2.05, 4.69) is 39.2 Å². The average molecular weight is 815 g/mol. The topological polar surface area (TPSA) is 217 Å². The molecular weight excluding hydrogens is 753 g/mol. The predicted molar refractivity (Wildman–Crippen MR) is 210 cm³/mol. The summed E-state index contributed by atoms with van der Waals surface area (Å²) < 4.78 is 54.7. The largest absolute Gasteiger partial charge is 0.414 e. The lowest BCUT2D eigenvalue weighted by Gasteiger charge is -2.43. The molecule has 0 unspecified atom stereocenters. The monoisotopic (exact) mass is 814 g/mol. The Kier molecular flexibility index (Phi) is 12.5. The van der Waals surface area contributed by atoms with Crippen LogP contribution in [0.2, 0.25) is 36.3 Å². The van der Waals surface area contributed by atoms with Crippen molar-refractivity contribution < 1.29 is 35.8 Å². The maximum atomic E-state index is 14.4. The van der Waals surface area contributed by atoms with Gasteiger partial charge in [-0.2, -0.15) is 8.42 Å². The molecule has 1 aromatic heterocycles. The van der Waals surface area contributed by atoms with Crippen LogP contribution >= 0.6 is 0 Å². The quantitative estimate of drug-likeness (QED) is 0.158. The van der Waals surface area contributed by atoms with Gasteiger partial charge in [0.15, 0.2) is 28.5 Å². The van der Waals surface area contributed by atoms with Gasteiger partial charge in [0, 0.05) is 31.4 Å². The number of amides is 2. The van der Waals surface area contributed by atoms with E-state index in [0.717, 1.165) is 9.98 Å². The molecule has 0 aromatic carbocycles. The molecule has 306 valence electrons. The van der Waals surface area contributed by atoms with Crippen LogP contribution in [-0.4, -0.2) is 100 Å². The van der Waals surface area contributed by atoms with Crippen molar-refractivity contribution in [1.82, 2.24) is 19.4 Å². The zero-order valence-corrected chi connectivity index (χ0v) is 36.8. The van der Waals surface area contributed by atoms with Gasteiger partial charge in [-0.3, -0.25) is 23.5 Å². The van der Waals surface area contributed by atoms with Crippen LogP contribution in [0.3, 0.4) is 0 Å². The Morgan fingerprint density at radius 2 is 1.70 bits per heavy atom. The molecule has 0 saturated carbocycles. The van der Waals surface area contributed by atoms with Crippen LogP contribution < -0.4 is 28.0 Å². The van der Waals surface area contributed by atoms with Crippen molar-refractivity contribution in [1.29, 1.82) is 0 Å². The van der Waals surface area contributed by atoms with Crippen LogP contribution in [-0.2, 0) is 44.0 Å². The summed E-state index contributed by atoms with van der Waals surface area (Å²) in [5, 5.41) is 3.14. The molecule has 16 nitrogen and oxygen atoms in total. The normalized spacial score (nSPS) is 26.7. The fraction of sp³-hybridized carbons (Fsp3) is 0.771. The van der Waals surface area contributed by atoms with Crippen LogP contribution in [0.1, 0.15) is 79.5 Å². The Bertz CT molecular complexity index is 1860.